The summed E-state index contributed by atoms with van der Waals surface area (Å²) in [7, 11) is 3.20. The third-order valence-electron chi connectivity index (χ3n) is 5.89. The number of hydrogen-bond acceptors (Lipinski definition) is 7. The largest absolute Gasteiger partial charge is 0.493 e. The summed E-state index contributed by atoms with van der Waals surface area (Å²) in [5.41, 5.74) is 4.85. The zero-order chi connectivity index (χ0) is 24.9. The number of carbonyl (C=O) groups excluding carboxylic acids is 1. The molecule has 8 nitrogen and oxygen atoms in total. The Bertz CT molecular complexity index is 1500. The molecule has 0 aliphatic carbocycles. The highest BCUT2D eigenvalue weighted by Gasteiger charge is 2.13. The van der Waals surface area contributed by atoms with Crippen LogP contribution < -0.4 is 14.8 Å². The number of ketones is 1. The Labute approximate surface area is 208 Å². The van der Waals surface area contributed by atoms with Gasteiger partial charge in [0.05, 0.1) is 19.9 Å². The summed E-state index contributed by atoms with van der Waals surface area (Å²) in [4.78, 5) is 26.1. The lowest BCUT2D eigenvalue weighted by Crippen LogP contribution is -2.02. The number of aryl methyl sites for hydroxylation is 1. The number of Topliss-reactive ketones (excluding diaryl/α,β-unsaturated/α-hetero) is 1. The van der Waals surface area contributed by atoms with Crippen molar-refractivity contribution in [2.24, 2.45) is 0 Å². The highest BCUT2D eigenvalue weighted by Crippen LogP contribution is 2.32. The monoisotopic (exact) mass is 479 g/mol. The van der Waals surface area contributed by atoms with Crippen LogP contribution >= 0.6 is 0 Å². The van der Waals surface area contributed by atoms with E-state index in [1.807, 2.05) is 71.4 Å². The van der Waals surface area contributed by atoms with Crippen LogP contribution in [0, 0.1) is 0 Å². The Morgan fingerprint density at radius 3 is 2.58 bits per heavy atom. The fourth-order valence-corrected chi connectivity index (χ4v) is 3.98. The molecule has 0 fully saturated rings. The summed E-state index contributed by atoms with van der Waals surface area (Å²) >= 11 is 0. The van der Waals surface area contributed by atoms with E-state index in [0.29, 0.717) is 41.4 Å². The maximum atomic E-state index is 12.7. The first-order valence-electron chi connectivity index (χ1n) is 11.5. The van der Waals surface area contributed by atoms with Crippen molar-refractivity contribution < 1.29 is 14.3 Å². The Hall–Kier alpha value is -4.72. The number of methoxy groups -OCH3 is 2. The Kier molecular flexibility index (Phi) is 6.57. The van der Waals surface area contributed by atoms with Crippen LogP contribution in [-0.4, -0.2) is 39.4 Å². The molecular weight excluding hydrogens is 454 g/mol. The SMILES string of the molecule is COc1ccc(Nc2nc(-c3ccc(C(=O)CCc4cccnc4)cc3)cn3ccnc23)cc1OC. The van der Waals surface area contributed by atoms with Crippen LogP contribution in [0.1, 0.15) is 22.3 Å². The van der Waals surface area contributed by atoms with Crippen molar-refractivity contribution in [2.45, 2.75) is 12.8 Å². The molecule has 3 heterocycles. The number of ether oxygens (including phenoxy) is 2. The molecule has 0 atom stereocenters. The van der Waals surface area contributed by atoms with E-state index < -0.39 is 0 Å². The standard InChI is InChI=1S/C28H25N5O3/c1-35-25-12-10-22(16-26(25)36-2)31-27-28-30-14-15-33(28)18-23(32-27)20-6-8-21(9-7-20)24(34)11-5-19-4-3-13-29-17-19/h3-4,6-10,12-18H,5,11H2,1-2H3,(H,31,32). The number of pyridine rings is 1. The van der Waals surface area contributed by atoms with Gasteiger partial charge in [0, 0.05) is 60.3 Å². The number of hydrogen-bond donors (Lipinski definition) is 1. The number of imidazole rings is 1. The summed E-state index contributed by atoms with van der Waals surface area (Å²) in [6, 6.07) is 17.0. The van der Waals surface area contributed by atoms with Crippen molar-refractivity contribution in [3.05, 3.63) is 96.7 Å². The predicted octanol–water partition coefficient (Wildman–Crippen LogP) is 5.37. The summed E-state index contributed by atoms with van der Waals surface area (Å²) < 4.78 is 12.7. The van der Waals surface area contributed by atoms with Crippen molar-refractivity contribution in [1.29, 1.82) is 0 Å². The zero-order valence-corrected chi connectivity index (χ0v) is 20.0. The number of fused-ring (bicyclic) bond motifs is 1. The molecule has 0 aliphatic rings. The second kappa shape index (κ2) is 10.3. The average molecular weight is 480 g/mol. The van der Waals surface area contributed by atoms with Gasteiger partial charge < -0.3 is 19.2 Å². The van der Waals surface area contributed by atoms with E-state index in [2.05, 4.69) is 15.3 Å². The molecule has 0 radical (unpaired) electrons. The molecule has 8 heteroatoms. The number of aromatic nitrogens is 4. The van der Waals surface area contributed by atoms with E-state index >= 15 is 0 Å². The third kappa shape index (κ3) is 4.88. The van der Waals surface area contributed by atoms with Gasteiger partial charge in [0.25, 0.3) is 0 Å². The molecule has 5 aromatic rings. The molecular formula is C28H25N5O3. The number of rotatable bonds is 9. The molecule has 180 valence electrons. The number of benzene rings is 2. The minimum atomic E-state index is 0.0965. The summed E-state index contributed by atoms with van der Waals surface area (Å²) in [6.07, 6.45) is 10.1. The van der Waals surface area contributed by atoms with Gasteiger partial charge in [0.2, 0.25) is 0 Å². The molecule has 3 aromatic heterocycles. The second-order valence-electron chi connectivity index (χ2n) is 8.19. The van der Waals surface area contributed by atoms with Gasteiger partial charge in [-0.1, -0.05) is 30.3 Å². The van der Waals surface area contributed by atoms with Crippen molar-refractivity contribution in [2.75, 3.05) is 19.5 Å². The van der Waals surface area contributed by atoms with Crippen LogP contribution in [-0.2, 0) is 6.42 Å². The van der Waals surface area contributed by atoms with E-state index in [-0.39, 0.29) is 5.78 Å². The summed E-state index contributed by atoms with van der Waals surface area (Å²) in [5.74, 6) is 1.95. The summed E-state index contributed by atoms with van der Waals surface area (Å²) in [5, 5.41) is 3.34. The Morgan fingerprint density at radius 2 is 1.83 bits per heavy atom. The predicted molar refractivity (Wildman–Crippen MR) is 138 cm³/mol. The van der Waals surface area contributed by atoms with Crippen LogP contribution in [0.2, 0.25) is 0 Å². The number of nitrogens with one attached hydrogen (secondary N) is 1. The molecule has 0 aliphatic heterocycles. The van der Waals surface area contributed by atoms with Crippen molar-refractivity contribution in [3.8, 4) is 22.8 Å². The first kappa shape index (κ1) is 23.0. The van der Waals surface area contributed by atoms with Crippen LogP contribution in [0.15, 0.2) is 85.6 Å². The topological polar surface area (TPSA) is 90.6 Å². The van der Waals surface area contributed by atoms with E-state index in [9.17, 15) is 4.79 Å². The van der Waals surface area contributed by atoms with Crippen molar-refractivity contribution in [1.82, 2.24) is 19.4 Å². The molecule has 5 rings (SSSR count). The summed E-state index contributed by atoms with van der Waals surface area (Å²) in [6.45, 7) is 0. The van der Waals surface area contributed by atoms with Crippen molar-refractivity contribution in [3.63, 3.8) is 0 Å². The van der Waals surface area contributed by atoms with Gasteiger partial charge in [-0.15, -0.1) is 0 Å². The lowest BCUT2D eigenvalue weighted by atomic mass is 10.0. The molecule has 0 bridgehead atoms. The minimum Gasteiger partial charge on any atom is -0.493 e. The van der Waals surface area contributed by atoms with Gasteiger partial charge in [-0.25, -0.2) is 9.97 Å². The lowest BCUT2D eigenvalue weighted by molar-refractivity contribution is 0.0983. The smallest absolute Gasteiger partial charge is 0.180 e. The molecule has 2 aromatic carbocycles. The van der Waals surface area contributed by atoms with E-state index in [1.54, 1.807) is 32.8 Å². The van der Waals surface area contributed by atoms with Crippen LogP contribution in [0.5, 0.6) is 11.5 Å². The van der Waals surface area contributed by atoms with E-state index in [1.165, 1.54) is 0 Å². The van der Waals surface area contributed by atoms with Crippen LogP contribution in [0.3, 0.4) is 0 Å². The van der Waals surface area contributed by atoms with Gasteiger partial charge in [0.15, 0.2) is 28.7 Å². The number of nitrogens with zero attached hydrogens (tertiary/aromatic N) is 4. The molecule has 1 N–H and O–H groups in total. The highest BCUT2D eigenvalue weighted by molar-refractivity contribution is 5.96. The van der Waals surface area contributed by atoms with Gasteiger partial charge in [-0.05, 0) is 30.2 Å². The highest BCUT2D eigenvalue weighted by atomic mass is 16.5. The van der Waals surface area contributed by atoms with Gasteiger partial charge in [0.1, 0.15) is 0 Å². The minimum absolute atomic E-state index is 0.0965. The van der Waals surface area contributed by atoms with Gasteiger partial charge >= 0.3 is 0 Å². The van der Waals surface area contributed by atoms with Gasteiger partial charge in [-0.2, -0.15) is 0 Å². The van der Waals surface area contributed by atoms with Crippen LogP contribution in [0.4, 0.5) is 11.5 Å². The van der Waals surface area contributed by atoms with Crippen LogP contribution in [0.25, 0.3) is 16.9 Å². The Morgan fingerprint density at radius 1 is 1.00 bits per heavy atom. The normalized spacial score (nSPS) is 10.8. The molecule has 0 amide bonds. The zero-order valence-electron chi connectivity index (χ0n) is 20.0. The first-order valence-corrected chi connectivity index (χ1v) is 11.5. The number of anilines is 2. The quantitative estimate of drug-likeness (QED) is 0.284. The average Bonchev–Trinajstić information content (AvgIpc) is 3.41. The van der Waals surface area contributed by atoms with E-state index in [0.717, 1.165) is 22.5 Å². The molecule has 0 saturated heterocycles. The third-order valence-corrected chi connectivity index (χ3v) is 5.89. The molecule has 0 saturated carbocycles. The maximum Gasteiger partial charge on any atom is 0.180 e. The molecule has 0 unspecified atom stereocenters. The Balaban J connectivity index is 1.38. The first-order chi connectivity index (χ1) is 17.6. The molecule has 36 heavy (non-hydrogen) atoms. The fourth-order valence-electron chi connectivity index (χ4n) is 3.98. The second-order valence-corrected chi connectivity index (χ2v) is 8.19. The number of carbonyl (C=O) groups is 1. The maximum absolute atomic E-state index is 12.7. The van der Waals surface area contributed by atoms with E-state index in [4.69, 9.17) is 14.5 Å². The fraction of sp³-hybridized carbons (Fsp3) is 0.143. The van der Waals surface area contributed by atoms with Gasteiger partial charge in [-0.3, -0.25) is 9.78 Å². The lowest BCUT2D eigenvalue weighted by Gasteiger charge is -2.13. The molecule has 0 spiro atoms. The van der Waals surface area contributed by atoms with Crippen molar-refractivity contribution >= 4 is 22.9 Å².